The molecule has 2 aliphatic rings. The van der Waals surface area contributed by atoms with E-state index in [0.29, 0.717) is 36.4 Å². The highest BCUT2D eigenvalue weighted by atomic mass is 32.1. The van der Waals surface area contributed by atoms with Crippen LogP contribution >= 0.6 is 11.3 Å². The number of carbonyl (C=O) groups is 1. The van der Waals surface area contributed by atoms with Gasteiger partial charge in [0, 0.05) is 48.7 Å². The highest BCUT2D eigenvalue weighted by Gasteiger charge is 2.27. The third-order valence-electron chi connectivity index (χ3n) is 7.95. The van der Waals surface area contributed by atoms with E-state index in [9.17, 15) is 10.1 Å². The summed E-state index contributed by atoms with van der Waals surface area (Å²) in [5.41, 5.74) is 3.42. The van der Waals surface area contributed by atoms with Crippen molar-refractivity contribution < 1.29 is 14.3 Å². The second kappa shape index (κ2) is 13.7. The molecule has 0 radical (unpaired) electrons. The summed E-state index contributed by atoms with van der Waals surface area (Å²) in [4.78, 5) is 15.5. The normalized spacial score (nSPS) is 19.0. The largest absolute Gasteiger partial charge is 0.495 e. The molecular formula is C32H37N5O3S. The van der Waals surface area contributed by atoms with Crippen molar-refractivity contribution in [2.24, 2.45) is 0 Å². The fourth-order valence-corrected chi connectivity index (χ4v) is 6.95. The molecule has 3 N–H and O–H groups in total. The molecule has 0 unspecified atom stereocenters. The first-order valence-electron chi connectivity index (χ1n) is 14.2. The van der Waals surface area contributed by atoms with Crippen LogP contribution in [0.2, 0.25) is 0 Å². The van der Waals surface area contributed by atoms with Crippen LogP contribution in [0.3, 0.4) is 0 Å². The zero-order valence-corrected chi connectivity index (χ0v) is 24.5. The van der Waals surface area contributed by atoms with Crippen LogP contribution in [0.15, 0.2) is 36.4 Å². The molecule has 9 heteroatoms. The number of hydrogen-bond donors (Lipinski definition) is 3. The first kappa shape index (κ1) is 28.8. The molecule has 0 atom stereocenters. The summed E-state index contributed by atoms with van der Waals surface area (Å²) in [6.07, 6.45) is 5.05. The lowest BCUT2D eigenvalue weighted by Gasteiger charge is -2.39. The summed E-state index contributed by atoms with van der Waals surface area (Å²) in [6.45, 7) is 4.20. The van der Waals surface area contributed by atoms with Crippen molar-refractivity contribution in [1.29, 1.82) is 5.26 Å². The molecule has 2 fully saturated rings. The summed E-state index contributed by atoms with van der Waals surface area (Å²) < 4.78 is 12.2. The second-order valence-electron chi connectivity index (χ2n) is 10.4. The summed E-state index contributed by atoms with van der Waals surface area (Å²) in [5, 5.41) is 20.4. The van der Waals surface area contributed by atoms with E-state index in [0.717, 1.165) is 71.0 Å². The fourth-order valence-electron chi connectivity index (χ4n) is 5.77. The standard InChI is InChI=1S/C32H37N5O3S/c1-34-32(38)22-8-13-27(29(21-22)39-2)35-16-4-7-30-25(14-15-33)26-5-3-6-28(31(26)41-30)36-23-9-11-24(12-10-23)37-17-19-40-20-18-37/h3,5-6,8,13,21,23-24,35-36H,9-12,14,16-20H2,1-2H3,(H,34,38). The molecular weight excluding hydrogens is 534 g/mol. The average Bonchev–Trinajstić information content (AvgIpc) is 3.38. The minimum Gasteiger partial charge on any atom is -0.495 e. The first-order valence-corrected chi connectivity index (χ1v) is 15.1. The molecule has 1 saturated carbocycles. The van der Waals surface area contributed by atoms with Gasteiger partial charge in [-0.25, -0.2) is 0 Å². The molecule has 41 heavy (non-hydrogen) atoms. The number of nitriles is 1. The SMILES string of the molecule is CNC(=O)c1ccc(NCC#Cc2sc3c(NC4CCC(N5CCOCC5)CC4)cccc3c2CC#N)c(OC)c1. The Bertz CT molecular complexity index is 1470. The zero-order valence-electron chi connectivity index (χ0n) is 23.7. The van der Waals surface area contributed by atoms with Gasteiger partial charge in [0.1, 0.15) is 5.75 Å². The number of nitrogens with zero attached hydrogens (tertiary/aromatic N) is 2. The van der Waals surface area contributed by atoms with E-state index >= 15 is 0 Å². The number of nitrogens with one attached hydrogen (secondary N) is 3. The van der Waals surface area contributed by atoms with Crippen molar-refractivity contribution in [3.05, 3.63) is 52.4 Å². The Morgan fingerprint density at radius 2 is 1.95 bits per heavy atom. The third-order valence-corrected chi connectivity index (χ3v) is 9.15. The second-order valence-corrected chi connectivity index (χ2v) is 11.4. The molecule has 1 saturated heterocycles. The Morgan fingerprint density at radius 3 is 2.68 bits per heavy atom. The zero-order chi connectivity index (χ0) is 28.6. The number of hydrogen-bond acceptors (Lipinski definition) is 8. The summed E-state index contributed by atoms with van der Waals surface area (Å²) >= 11 is 1.66. The van der Waals surface area contributed by atoms with Gasteiger partial charge in [-0.05, 0) is 49.9 Å². The van der Waals surface area contributed by atoms with E-state index in [1.165, 1.54) is 12.8 Å². The van der Waals surface area contributed by atoms with Crippen molar-refractivity contribution in [1.82, 2.24) is 10.2 Å². The third kappa shape index (κ3) is 6.77. The van der Waals surface area contributed by atoms with Crippen LogP contribution in [0.1, 0.15) is 46.5 Å². The number of rotatable bonds is 8. The quantitative estimate of drug-likeness (QED) is 0.333. The highest BCUT2D eigenvalue weighted by molar-refractivity contribution is 7.20. The van der Waals surface area contributed by atoms with Crippen molar-refractivity contribution in [3.8, 4) is 23.7 Å². The highest BCUT2D eigenvalue weighted by Crippen LogP contribution is 2.38. The van der Waals surface area contributed by atoms with E-state index in [-0.39, 0.29) is 5.91 Å². The Labute approximate surface area is 246 Å². The minimum atomic E-state index is -0.168. The average molecular weight is 572 g/mol. The molecule has 0 bridgehead atoms. The van der Waals surface area contributed by atoms with E-state index in [2.05, 4.69) is 57.0 Å². The van der Waals surface area contributed by atoms with Gasteiger partial charge >= 0.3 is 0 Å². The van der Waals surface area contributed by atoms with Crippen molar-refractivity contribution in [3.63, 3.8) is 0 Å². The molecule has 1 amide bonds. The van der Waals surface area contributed by atoms with Gasteiger partial charge in [0.25, 0.3) is 5.91 Å². The number of amides is 1. The molecule has 1 aromatic heterocycles. The van der Waals surface area contributed by atoms with Gasteiger partial charge in [0.15, 0.2) is 0 Å². The maximum Gasteiger partial charge on any atom is 0.251 e. The lowest BCUT2D eigenvalue weighted by Crippen LogP contribution is -2.46. The Kier molecular flexibility index (Phi) is 9.63. The molecule has 3 aromatic rings. The Balaban J connectivity index is 1.28. The number of anilines is 2. The van der Waals surface area contributed by atoms with Crippen molar-refractivity contribution >= 4 is 38.7 Å². The van der Waals surface area contributed by atoms with Crippen molar-refractivity contribution in [2.45, 2.75) is 44.2 Å². The van der Waals surface area contributed by atoms with Gasteiger partial charge in [-0.15, -0.1) is 11.3 Å². The van der Waals surface area contributed by atoms with Crippen LogP contribution in [-0.4, -0.2) is 69.9 Å². The minimum absolute atomic E-state index is 0.168. The lowest BCUT2D eigenvalue weighted by molar-refractivity contribution is 0.00791. The molecule has 2 heterocycles. The van der Waals surface area contributed by atoms with Crippen LogP contribution in [0.5, 0.6) is 5.75 Å². The maximum atomic E-state index is 11.9. The van der Waals surface area contributed by atoms with E-state index in [1.54, 1.807) is 37.6 Å². The smallest absolute Gasteiger partial charge is 0.251 e. The first-order chi connectivity index (χ1) is 20.1. The van der Waals surface area contributed by atoms with Gasteiger partial charge in [-0.3, -0.25) is 9.69 Å². The van der Waals surface area contributed by atoms with Crippen molar-refractivity contribution in [2.75, 3.05) is 57.6 Å². The van der Waals surface area contributed by atoms with Crippen LogP contribution < -0.4 is 20.7 Å². The number of thiophene rings is 1. The van der Waals surface area contributed by atoms with E-state index in [4.69, 9.17) is 9.47 Å². The number of benzene rings is 2. The Hall–Kier alpha value is -3.76. The van der Waals surface area contributed by atoms with Gasteiger partial charge in [0.05, 0.1) is 60.3 Å². The summed E-state index contributed by atoms with van der Waals surface area (Å²) in [6, 6.07) is 15.0. The predicted molar refractivity (Wildman–Crippen MR) is 165 cm³/mol. The molecule has 8 nitrogen and oxygen atoms in total. The molecule has 214 valence electrons. The van der Waals surface area contributed by atoms with E-state index in [1.807, 2.05) is 6.07 Å². The van der Waals surface area contributed by atoms with Gasteiger partial charge in [-0.2, -0.15) is 5.26 Å². The number of morpholine rings is 1. The van der Waals surface area contributed by atoms with Crippen LogP contribution in [0.4, 0.5) is 11.4 Å². The monoisotopic (exact) mass is 571 g/mol. The predicted octanol–water partition coefficient (Wildman–Crippen LogP) is 4.85. The molecule has 1 aliphatic heterocycles. The van der Waals surface area contributed by atoms with Gasteiger partial charge < -0.3 is 25.4 Å². The summed E-state index contributed by atoms with van der Waals surface area (Å²) in [7, 11) is 3.18. The van der Waals surface area contributed by atoms with E-state index < -0.39 is 0 Å². The maximum absolute atomic E-state index is 11.9. The molecule has 0 spiro atoms. The van der Waals surface area contributed by atoms with Crippen LogP contribution in [0, 0.1) is 23.2 Å². The van der Waals surface area contributed by atoms with Crippen LogP contribution in [-0.2, 0) is 11.2 Å². The lowest BCUT2D eigenvalue weighted by atomic mass is 9.89. The number of ether oxygens (including phenoxy) is 2. The molecule has 1 aliphatic carbocycles. The number of carbonyl (C=O) groups excluding carboxylic acids is 1. The van der Waals surface area contributed by atoms with Crippen LogP contribution in [0.25, 0.3) is 10.1 Å². The fraction of sp³-hybridized carbons (Fsp3) is 0.438. The van der Waals surface area contributed by atoms with Gasteiger partial charge in [0.2, 0.25) is 0 Å². The Morgan fingerprint density at radius 1 is 1.15 bits per heavy atom. The molecule has 2 aromatic carbocycles. The number of methoxy groups -OCH3 is 1. The number of fused-ring (bicyclic) bond motifs is 1. The summed E-state index contributed by atoms with van der Waals surface area (Å²) in [5.74, 6) is 6.94. The topological polar surface area (TPSA) is 98.7 Å². The molecule has 5 rings (SSSR count). The van der Waals surface area contributed by atoms with Gasteiger partial charge in [-0.1, -0.05) is 24.0 Å².